The first-order valence-corrected chi connectivity index (χ1v) is 6.90. The van der Waals surface area contributed by atoms with Crippen molar-refractivity contribution in [2.75, 3.05) is 13.2 Å². The van der Waals surface area contributed by atoms with Crippen LogP contribution in [0.4, 0.5) is 0 Å². The lowest BCUT2D eigenvalue weighted by atomic mass is 10.3. The van der Waals surface area contributed by atoms with Crippen molar-refractivity contribution in [3.8, 4) is 5.75 Å². The van der Waals surface area contributed by atoms with Crippen molar-refractivity contribution >= 4 is 40.7 Å². The van der Waals surface area contributed by atoms with Crippen molar-refractivity contribution in [3.63, 3.8) is 0 Å². The number of carbonyl (C=O) groups is 1. The average Bonchev–Trinajstić information content (AvgIpc) is 2.75. The molecule has 0 fully saturated rings. The summed E-state index contributed by atoms with van der Waals surface area (Å²) in [7, 11) is 0. The lowest BCUT2D eigenvalue weighted by Crippen LogP contribution is -2.28. The SMILES string of the molecule is O=C(NCCOc1cccc(Cl)c1)c1cc(Cl)c(Cl)[nH]1. The Labute approximate surface area is 131 Å². The highest BCUT2D eigenvalue weighted by molar-refractivity contribution is 6.41. The Kier molecular flexibility index (Phi) is 5.17. The molecule has 0 saturated carbocycles. The molecule has 1 amide bonds. The van der Waals surface area contributed by atoms with E-state index in [-0.39, 0.29) is 11.1 Å². The molecule has 2 aromatic rings. The molecule has 106 valence electrons. The van der Waals surface area contributed by atoms with Gasteiger partial charge in [0.15, 0.2) is 0 Å². The van der Waals surface area contributed by atoms with Gasteiger partial charge in [-0.15, -0.1) is 0 Å². The van der Waals surface area contributed by atoms with E-state index in [1.54, 1.807) is 24.3 Å². The molecule has 0 radical (unpaired) electrons. The van der Waals surface area contributed by atoms with Gasteiger partial charge in [0.05, 0.1) is 11.6 Å². The molecule has 0 saturated heterocycles. The first kappa shape index (κ1) is 15.0. The van der Waals surface area contributed by atoms with Crippen LogP contribution in [0.5, 0.6) is 5.75 Å². The molecule has 0 bridgehead atoms. The van der Waals surface area contributed by atoms with E-state index >= 15 is 0 Å². The number of rotatable bonds is 5. The zero-order chi connectivity index (χ0) is 14.5. The normalized spacial score (nSPS) is 10.3. The summed E-state index contributed by atoms with van der Waals surface area (Å²) in [5, 5.41) is 3.83. The zero-order valence-corrected chi connectivity index (χ0v) is 12.5. The number of carbonyl (C=O) groups excluding carboxylic acids is 1. The van der Waals surface area contributed by atoms with Gasteiger partial charge in [-0.2, -0.15) is 0 Å². The quantitative estimate of drug-likeness (QED) is 0.818. The monoisotopic (exact) mass is 332 g/mol. The van der Waals surface area contributed by atoms with Crippen molar-refractivity contribution in [1.82, 2.24) is 10.3 Å². The van der Waals surface area contributed by atoms with Gasteiger partial charge >= 0.3 is 0 Å². The van der Waals surface area contributed by atoms with Crippen molar-refractivity contribution < 1.29 is 9.53 Å². The molecule has 0 aliphatic heterocycles. The number of nitrogens with one attached hydrogen (secondary N) is 2. The Morgan fingerprint density at radius 2 is 2.05 bits per heavy atom. The summed E-state index contributed by atoms with van der Waals surface area (Å²) >= 11 is 17.3. The van der Waals surface area contributed by atoms with Crippen LogP contribution >= 0.6 is 34.8 Å². The number of ether oxygens (including phenoxy) is 1. The van der Waals surface area contributed by atoms with Crippen LogP contribution in [0.2, 0.25) is 15.2 Å². The maximum Gasteiger partial charge on any atom is 0.267 e. The number of halogens is 3. The average molecular weight is 334 g/mol. The molecular formula is C13H11Cl3N2O2. The Morgan fingerprint density at radius 1 is 1.25 bits per heavy atom. The summed E-state index contributed by atoms with van der Waals surface area (Å²) in [6.07, 6.45) is 0. The van der Waals surface area contributed by atoms with Crippen molar-refractivity contribution in [1.29, 1.82) is 0 Å². The molecular weight excluding hydrogens is 323 g/mol. The topological polar surface area (TPSA) is 54.1 Å². The molecule has 1 heterocycles. The minimum Gasteiger partial charge on any atom is -0.492 e. The van der Waals surface area contributed by atoms with Crippen LogP contribution < -0.4 is 10.1 Å². The number of amides is 1. The summed E-state index contributed by atoms with van der Waals surface area (Å²) in [5.74, 6) is 0.353. The largest absolute Gasteiger partial charge is 0.492 e. The van der Waals surface area contributed by atoms with E-state index in [0.29, 0.717) is 34.6 Å². The molecule has 0 aliphatic carbocycles. The number of hydrogen-bond donors (Lipinski definition) is 2. The third kappa shape index (κ3) is 4.07. The van der Waals surface area contributed by atoms with E-state index in [4.69, 9.17) is 39.5 Å². The van der Waals surface area contributed by atoms with Crippen LogP contribution in [0, 0.1) is 0 Å². The number of aromatic amines is 1. The van der Waals surface area contributed by atoms with Crippen LogP contribution in [0.3, 0.4) is 0 Å². The Balaban J connectivity index is 1.77. The molecule has 7 heteroatoms. The van der Waals surface area contributed by atoms with Crippen LogP contribution in [0.1, 0.15) is 10.5 Å². The first-order chi connectivity index (χ1) is 9.56. The third-order valence-corrected chi connectivity index (χ3v) is 3.35. The van der Waals surface area contributed by atoms with Crippen LogP contribution in [-0.4, -0.2) is 24.0 Å². The van der Waals surface area contributed by atoms with Gasteiger partial charge in [-0.3, -0.25) is 4.79 Å². The van der Waals surface area contributed by atoms with Crippen molar-refractivity contribution in [3.05, 3.63) is 51.2 Å². The minimum absolute atomic E-state index is 0.243. The Hall–Kier alpha value is -1.36. The smallest absolute Gasteiger partial charge is 0.267 e. The molecule has 1 aromatic heterocycles. The standard InChI is InChI=1S/C13H11Cl3N2O2/c14-8-2-1-3-9(6-8)20-5-4-17-13(19)11-7-10(15)12(16)18-11/h1-3,6-7,18H,4-5H2,(H,17,19). The van der Waals surface area contributed by atoms with E-state index < -0.39 is 0 Å². The van der Waals surface area contributed by atoms with Gasteiger partial charge in [0.2, 0.25) is 0 Å². The van der Waals surface area contributed by atoms with E-state index in [2.05, 4.69) is 10.3 Å². The lowest BCUT2D eigenvalue weighted by molar-refractivity contribution is 0.0942. The van der Waals surface area contributed by atoms with Crippen LogP contribution in [0.25, 0.3) is 0 Å². The minimum atomic E-state index is -0.298. The highest BCUT2D eigenvalue weighted by atomic mass is 35.5. The van der Waals surface area contributed by atoms with E-state index in [0.717, 1.165) is 0 Å². The number of H-pyrrole nitrogens is 1. The van der Waals surface area contributed by atoms with Gasteiger partial charge in [-0.05, 0) is 24.3 Å². The number of hydrogen-bond acceptors (Lipinski definition) is 2. The highest BCUT2D eigenvalue weighted by Crippen LogP contribution is 2.21. The van der Waals surface area contributed by atoms with Crippen molar-refractivity contribution in [2.24, 2.45) is 0 Å². The van der Waals surface area contributed by atoms with Gasteiger partial charge in [0, 0.05) is 5.02 Å². The second-order valence-corrected chi connectivity index (χ2v) is 5.13. The molecule has 0 spiro atoms. The predicted molar refractivity (Wildman–Crippen MR) is 80.1 cm³/mol. The fourth-order valence-corrected chi connectivity index (χ4v) is 2.00. The Bertz CT molecular complexity index is 594. The first-order valence-electron chi connectivity index (χ1n) is 5.77. The third-order valence-electron chi connectivity index (χ3n) is 2.42. The van der Waals surface area contributed by atoms with Crippen LogP contribution in [0.15, 0.2) is 30.3 Å². The summed E-state index contributed by atoms with van der Waals surface area (Å²) in [4.78, 5) is 14.4. The van der Waals surface area contributed by atoms with Gasteiger partial charge in [-0.1, -0.05) is 40.9 Å². The molecule has 0 unspecified atom stereocenters. The van der Waals surface area contributed by atoms with Gasteiger partial charge < -0.3 is 15.0 Å². The molecule has 0 aliphatic rings. The molecule has 4 nitrogen and oxygen atoms in total. The summed E-state index contributed by atoms with van der Waals surface area (Å²) in [6.45, 7) is 0.674. The van der Waals surface area contributed by atoms with E-state index in [9.17, 15) is 4.79 Å². The maximum absolute atomic E-state index is 11.7. The van der Waals surface area contributed by atoms with E-state index in [1.165, 1.54) is 6.07 Å². The molecule has 2 N–H and O–H groups in total. The van der Waals surface area contributed by atoms with Crippen molar-refractivity contribution in [2.45, 2.75) is 0 Å². The molecule has 2 rings (SSSR count). The van der Waals surface area contributed by atoms with Gasteiger partial charge in [-0.25, -0.2) is 0 Å². The van der Waals surface area contributed by atoms with Gasteiger partial charge in [0.25, 0.3) is 5.91 Å². The summed E-state index contributed by atoms with van der Waals surface area (Å²) < 4.78 is 5.44. The Morgan fingerprint density at radius 3 is 2.70 bits per heavy atom. The predicted octanol–water partition coefficient (Wildman–Crippen LogP) is 3.78. The molecule has 0 atom stereocenters. The lowest BCUT2D eigenvalue weighted by Gasteiger charge is -2.07. The summed E-state index contributed by atoms with van der Waals surface area (Å²) in [5.41, 5.74) is 0.308. The second kappa shape index (κ2) is 6.88. The molecule has 20 heavy (non-hydrogen) atoms. The number of benzene rings is 1. The fourth-order valence-electron chi connectivity index (χ4n) is 1.51. The van der Waals surface area contributed by atoms with E-state index in [1.807, 2.05) is 0 Å². The van der Waals surface area contributed by atoms with Crippen LogP contribution in [-0.2, 0) is 0 Å². The molecule has 1 aromatic carbocycles. The maximum atomic E-state index is 11.7. The number of aromatic nitrogens is 1. The second-order valence-electron chi connectivity index (χ2n) is 3.91. The highest BCUT2D eigenvalue weighted by Gasteiger charge is 2.10. The summed E-state index contributed by atoms with van der Waals surface area (Å²) in [6, 6.07) is 8.51. The van der Waals surface area contributed by atoms with Gasteiger partial charge in [0.1, 0.15) is 23.2 Å². The fraction of sp³-hybridized carbons (Fsp3) is 0.154. The zero-order valence-electron chi connectivity index (χ0n) is 10.3.